The first kappa shape index (κ1) is 11.1. The minimum Gasteiger partial charge on any atom is -0.493 e. The van der Waals surface area contributed by atoms with E-state index in [0.717, 1.165) is 42.1 Å². The summed E-state index contributed by atoms with van der Waals surface area (Å²) < 4.78 is 7.56. The van der Waals surface area contributed by atoms with Crippen LogP contribution in [0.25, 0.3) is 11.3 Å². The number of anilines is 1. The van der Waals surface area contributed by atoms with E-state index in [1.165, 1.54) is 5.56 Å². The Morgan fingerprint density at radius 1 is 1.39 bits per heavy atom. The Morgan fingerprint density at radius 2 is 2.22 bits per heavy atom. The number of nitrogen functional groups attached to an aromatic ring is 1. The zero-order valence-electron chi connectivity index (χ0n) is 10.7. The maximum absolute atomic E-state index is 5.84. The van der Waals surface area contributed by atoms with Crippen molar-refractivity contribution in [1.82, 2.24) is 9.55 Å². The highest BCUT2D eigenvalue weighted by Crippen LogP contribution is 2.31. The molecule has 0 bridgehead atoms. The molecule has 2 N–H and O–H groups in total. The summed E-state index contributed by atoms with van der Waals surface area (Å²) in [5.41, 5.74) is 10.3. The maximum atomic E-state index is 5.84. The third kappa shape index (κ3) is 1.65. The minimum absolute atomic E-state index is 0.552. The molecule has 1 aliphatic rings. The van der Waals surface area contributed by atoms with E-state index in [-0.39, 0.29) is 0 Å². The number of rotatable bonds is 1. The van der Waals surface area contributed by atoms with Gasteiger partial charge in [0, 0.05) is 12.6 Å². The molecule has 0 radical (unpaired) electrons. The Bertz CT molecular complexity index is 601. The summed E-state index contributed by atoms with van der Waals surface area (Å²) in [5, 5.41) is 0. The lowest BCUT2D eigenvalue weighted by Crippen LogP contribution is -2.08. The molecule has 18 heavy (non-hydrogen) atoms. The molecule has 0 saturated heterocycles. The lowest BCUT2D eigenvalue weighted by atomic mass is 10.0. The summed E-state index contributed by atoms with van der Waals surface area (Å²) in [6, 6.07) is 6.32. The molecule has 1 aromatic carbocycles. The maximum Gasteiger partial charge on any atom is 0.200 e. The number of hydrogen-bond donors (Lipinski definition) is 1. The third-order valence-corrected chi connectivity index (χ3v) is 3.49. The summed E-state index contributed by atoms with van der Waals surface area (Å²) in [7, 11) is 1.95. The van der Waals surface area contributed by atoms with Gasteiger partial charge in [0.15, 0.2) is 0 Å². The number of fused-ring (bicyclic) bond motifs is 1. The molecule has 4 nitrogen and oxygen atoms in total. The van der Waals surface area contributed by atoms with E-state index in [1.54, 1.807) is 0 Å². The fraction of sp³-hybridized carbons (Fsp3) is 0.357. The van der Waals surface area contributed by atoms with E-state index in [2.05, 4.69) is 17.1 Å². The predicted molar refractivity (Wildman–Crippen MR) is 71.6 cm³/mol. The van der Waals surface area contributed by atoms with Crippen LogP contribution in [0, 0.1) is 6.92 Å². The molecule has 1 aromatic heterocycles. The van der Waals surface area contributed by atoms with Crippen LogP contribution in [0.5, 0.6) is 5.75 Å². The summed E-state index contributed by atoms with van der Waals surface area (Å²) >= 11 is 0. The average Bonchev–Trinajstić information content (AvgIpc) is 2.63. The minimum atomic E-state index is 0.552. The van der Waals surface area contributed by atoms with E-state index in [9.17, 15) is 0 Å². The second-order valence-corrected chi connectivity index (χ2v) is 4.74. The van der Waals surface area contributed by atoms with Crippen molar-refractivity contribution in [2.75, 3.05) is 12.3 Å². The first-order chi connectivity index (χ1) is 8.66. The molecule has 4 heteroatoms. The normalized spacial score (nSPS) is 14.1. The van der Waals surface area contributed by atoms with Gasteiger partial charge in [-0.1, -0.05) is 0 Å². The first-order valence-electron chi connectivity index (χ1n) is 6.21. The molecule has 0 saturated carbocycles. The van der Waals surface area contributed by atoms with Gasteiger partial charge in [-0.15, -0.1) is 0 Å². The highest BCUT2D eigenvalue weighted by atomic mass is 16.5. The van der Waals surface area contributed by atoms with Crippen LogP contribution in [0.2, 0.25) is 0 Å². The van der Waals surface area contributed by atoms with Crippen molar-refractivity contribution in [3.63, 3.8) is 0 Å². The van der Waals surface area contributed by atoms with Crippen molar-refractivity contribution < 1.29 is 4.74 Å². The number of aryl methyl sites for hydroxylation is 2. The van der Waals surface area contributed by atoms with Crippen molar-refractivity contribution in [3.8, 4) is 17.0 Å². The van der Waals surface area contributed by atoms with Gasteiger partial charge in [0.05, 0.1) is 18.0 Å². The number of aromatic nitrogens is 2. The fourth-order valence-corrected chi connectivity index (χ4v) is 2.57. The van der Waals surface area contributed by atoms with Crippen molar-refractivity contribution in [2.24, 2.45) is 7.05 Å². The van der Waals surface area contributed by atoms with E-state index < -0.39 is 0 Å². The highest BCUT2D eigenvalue weighted by molar-refractivity contribution is 5.67. The van der Waals surface area contributed by atoms with Gasteiger partial charge in [0.2, 0.25) is 5.95 Å². The van der Waals surface area contributed by atoms with Gasteiger partial charge in [-0.2, -0.15) is 0 Å². The zero-order chi connectivity index (χ0) is 12.7. The molecule has 0 atom stereocenters. The zero-order valence-corrected chi connectivity index (χ0v) is 10.7. The average molecular weight is 243 g/mol. The van der Waals surface area contributed by atoms with Crippen LogP contribution in [-0.4, -0.2) is 16.2 Å². The van der Waals surface area contributed by atoms with Gasteiger partial charge in [-0.05, 0) is 43.5 Å². The summed E-state index contributed by atoms with van der Waals surface area (Å²) in [6.45, 7) is 2.81. The Labute approximate surface area is 106 Å². The molecule has 0 unspecified atom stereocenters. The van der Waals surface area contributed by atoms with Crippen LogP contribution < -0.4 is 10.5 Å². The van der Waals surface area contributed by atoms with Gasteiger partial charge < -0.3 is 15.0 Å². The third-order valence-electron chi connectivity index (χ3n) is 3.49. The monoisotopic (exact) mass is 243 g/mol. The standard InChI is InChI=1S/C14H17N3O/c1-9-13(17(2)14(15)16-9)11-5-6-12-10(8-11)4-3-7-18-12/h5-6,8H,3-4,7H2,1-2H3,(H2,15,16). The van der Waals surface area contributed by atoms with Crippen LogP contribution in [0.3, 0.4) is 0 Å². The highest BCUT2D eigenvalue weighted by Gasteiger charge is 2.15. The first-order valence-corrected chi connectivity index (χ1v) is 6.21. The van der Waals surface area contributed by atoms with E-state index in [4.69, 9.17) is 10.5 Å². The van der Waals surface area contributed by atoms with Crippen molar-refractivity contribution in [2.45, 2.75) is 19.8 Å². The molecule has 2 heterocycles. The number of ether oxygens (including phenoxy) is 1. The molecule has 2 aromatic rings. The summed E-state index contributed by atoms with van der Waals surface area (Å²) in [5.74, 6) is 1.56. The van der Waals surface area contributed by atoms with Gasteiger partial charge in [-0.25, -0.2) is 4.98 Å². The second-order valence-electron chi connectivity index (χ2n) is 4.74. The summed E-state index contributed by atoms with van der Waals surface area (Å²) in [6.07, 6.45) is 2.17. The van der Waals surface area contributed by atoms with Crippen LogP contribution >= 0.6 is 0 Å². The molecule has 0 fully saturated rings. The molecule has 94 valence electrons. The molecular formula is C14H17N3O. The molecular weight excluding hydrogens is 226 g/mol. The van der Waals surface area contributed by atoms with Gasteiger partial charge in [0.25, 0.3) is 0 Å². The van der Waals surface area contributed by atoms with Crippen LogP contribution in [0.15, 0.2) is 18.2 Å². The molecule has 1 aliphatic heterocycles. The Morgan fingerprint density at radius 3 is 2.94 bits per heavy atom. The largest absolute Gasteiger partial charge is 0.493 e. The molecule has 0 spiro atoms. The van der Waals surface area contributed by atoms with Crippen LogP contribution in [0.4, 0.5) is 5.95 Å². The Kier molecular flexibility index (Phi) is 2.51. The SMILES string of the molecule is Cc1nc(N)n(C)c1-c1ccc2c(c1)CCCO2. The quantitative estimate of drug-likeness (QED) is 0.836. The molecule has 0 amide bonds. The Hall–Kier alpha value is -1.97. The van der Waals surface area contributed by atoms with Crippen molar-refractivity contribution >= 4 is 5.95 Å². The lowest BCUT2D eigenvalue weighted by Gasteiger charge is -2.18. The van der Waals surface area contributed by atoms with Gasteiger partial charge >= 0.3 is 0 Å². The molecule has 3 rings (SSSR count). The number of imidazole rings is 1. The van der Waals surface area contributed by atoms with E-state index >= 15 is 0 Å². The summed E-state index contributed by atoms with van der Waals surface area (Å²) in [4.78, 5) is 4.31. The van der Waals surface area contributed by atoms with Crippen molar-refractivity contribution in [3.05, 3.63) is 29.5 Å². The number of nitrogens with two attached hydrogens (primary N) is 1. The van der Waals surface area contributed by atoms with Crippen molar-refractivity contribution in [1.29, 1.82) is 0 Å². The smallest absolute Gasteiger partial charge is 0.200 e. The number of hydrogen-bond acceptors (Lipinski definition) is 3. The second kappa shape index (κ2) is 4.05. The fourth-order valence-electron chi connectivity index (χ4n) is 2.57. The van der Waals surface area contributed by atoms with E-state index in [0.29, 0.717) is 5.95 Å². The van der Waals surface area contributed by atoms with Gasteiger partial charge in [-0.3, -0.25) is 0 Å². The van der Waals surface area contributed by atoms with Crippen LogP contribution in [0.1, 0.15) is 17.7 Å². The lowest BCUT2D eigenvalue weighted by molar-refractivity contribution is 0.288. The number of benzene rings is 1. The van der Waals surface area contributed by atoms with Crippen LogP contribution in [-0.2, 0) is 13.5 Å². The molecule has 0 aliphatic carbocycles. The topological polar surface area (TPSA) is 53.1 Å². The predicted octanol–water partition coefficient (Wildman–Crippen LogP) is 2.30. The van der Waals surface area contributed by atoms with E-state index in [1.807, 2.05) is 24.6 Å². The Balaban J connectivity index is 2.12. The number of nitrogens with zero attached hydrogens (tertiary/aromatic N) is 2. The van der Waals surface area contributed by atoms with Gasteiger partial charge in [0.1, 0.15) is 5.75 Å².